The third kappa shape index (κ3) is 3.04. The lowest BCUT2D eigenvalue weighted by atomic mass is 10.0. The molecule has 3 heteroatoms. The lowest BCUT2D eigenvalue weighted by molar-refractivity contribution is 0.488. The van der Waals surface area contributed by atoms with Crippen LogP contribution in [-0.2, 0) is 6.54 Å². The molecule has 1 aromatic carbocycles. The second-order valence-electron chi connectivity index (χ2n) is 5.25. The molecule has 0 saturated carbocycles. The lowest BCUT2D eigenvalue weighted by Crippen LogP contribution is -2.26. The summed E-state index contributed by atoms with van der Waals surface area (Å²) in [5, 5.41) is 6.65. The summed E-state index contributed by atoms with van der Waals surface area (Å²) in [6.07, 6.45) is 1.22. The predicted molar refractivity (Wildman–Crippen MR) is 85.0 cm³/mol. The number of thiophene rings is 1. The van der Waals surface area contributed by atoms with Crippen molar-refractivity contribution in [3.8, 4) is 0 Å². The Hall–Kier alpha value is -0.770. The standard InChI is InChI=1S/C16H19NS2/c1-11-3-5-13(6-4-11)10-17-15-9-12(2)19-16-14(15)7-8-18-16/h3-8,12,15,17H,9-10H2,1-2H3/t12-,15?/m0/s1. The zero-order valence-corrected chi connectivity index (χ0v) is 13.0. The Morgan fingerprint density at radius 1 is 1.21 bits per heavy atom. The molecule has 2 aromatic rings. The highest BCUT2D eigenvalue weighted by atomic mass is 32.2. The summed E-state index contributed by atoms with van der Waals surface area (Å²) in [4.78, 5) is 0. The number of hydrogen-bond donors (Lipinski definition) is 1. The molecule has 0 spiro atoms. The van der Waals surface area contributed by atoms with Gasteiger partial charge in [0, 0.05) is 17.8 Å². The van der Waals surface area contributed by atoms with Gasteiger partial charge in [-0.2, -0.15) is 0 Å². The molecule has 1 aliphatic heterocycles. The van der Waals surface area contributed by atoms with Crippen LogP contribution in [0.15, 0.2) is 39.9 Å². The Balaban J connectivity index is 1.69. The van der Waals surface area contributed by atoms with Gasteiger partial charge in [0.2, 0.25) is 0 Å². The number of hydrogen-bond acceptors (Lipinski definition) is 3. The van der Waals surface area contributed by atoms with Gasteiger partial charge < -0.3 is 5.32 Å². The first-order chi connectivity index (χ1) is 9.22. The first-order valence-electron chi connectivity index (χ1n) is 6.75. The van der Waals surface area contributed by atoms with Crippen LogP contribution in [0.25, 0.3) is 0 Å². The van der Waals surface area contributed by atoms with Crippen LogP contribution in [0.3, 0.4) is 0 Å². The number of thioether (sulfide) groups is 1. The Bertz CT molecular complexity index is 544. The van der Waals surface area contributed by atoms with Gasteiger partial charge >= 0.3 is 0 Å². The van der Waals surface area contributed by atoms with Crippen LogP contribution < -0.4 is 5.32 Å². The van der Waals surface area contributed by atoms with E-state index in [-0.39, 0.29) is 0 Å². The van der Waals surface area contributed by atoms with Crippen molar-refractivity contribution in [2.24, 2.45) is 0 Å². The molecule has 0 amide bonds. The highest BCUT2D eigenvalue weighted by Gasteiger charge is 2.25. The fraction of sp³-hybridized carbons (Fsp3) is 0.375. The van der Waals surface area contributed by atoms with E-state index in [0.717, 1.165) is 6.54 Å². The third-order valence-electron chi connectivity index (χ3n) is 3.58. The topological polar surface area (TPSA) is 12.0 Å². The summed E-state index contributed by atoms with van der Waals surface area (Å²) in [5.41, 5.74) is 4.19. The van der Waals surface area contributed by atoms with E-state index >= 15 is 0 Å². The molecule has 2 atom stereocenters. The van der Waals surface area contributed by atoms with Crippen molar-refractivity contribution in [2.75, 3.05) is 0 Å². The number of rotatable bonds is 3. The molecular formula is C16H19NS2. The van der Waals surface area contributed by atoms with Gasteiger partial charge in [-0.15, -0.1) is 23.1 Å². The minimum absolute atomic E-state index is 0.513. The zero-order chi connectivity index (χ0) is 13.2. The van der Waals surface area contributed by atoms with Gasteiger partial charge in [0.15, 0.2) is 0 Å². The Morgan fingerprint density at radius 2 is 2.00 bits per heavy atom. The number of benzene rings is 1. The van der Waals surface area contributed by atoms with Crippen molar-refractivity contribution in [1.82, 2.24) is 5.32 Å². The lowest BCUT2D eigenvalue weighted by Gasteiger charge is -2.27. The molecule has 0 saturated heterocycles. The van der Waals surface area contributed by atoms with Gasteiger partial charge in [-0.3, -0.25) is 0 Å². The van der Waals surface area contributed by atoms with Gasteiger partial charge in [0.05, 0.1) is 4.21 Å². The maximum atomic E-state index is 3.72. The van der Waals surface area contributed by atoms with Crippen LogP contribution in [0, 0.1) is 6.92 Å². The maximum Gasteiger partial charge on any atom is 0.0649 e. The molecule has 1 aliphatic rings. The first-order valence-corrected chi connectivity index (χ1v) is 8.51. The van der Waals surface area contributed by atoms with E-state index in [2.05, 4.69) is 54.9 Å². The summed E-state index contributed by atoms with van der Waals surface area (Å²) in [7, 11) is 0. The number of nitrogens with one attached hydrogen (secondary N) is 1. The molecule has 19 heavy (non-hydrogen) atoms. The monoisotopic (exact) mass is 289 g/mol. The molecular weight excluding hydrogens is 270 g/mol. The largest absolute Gasteiger partial charge is 0.306 e. The van der Waals surface area contributed by atoms with Crippen molar-refractivity contribution in [1.29, 1.82) is 0 Å². The van der Waals surface area contributed by atoms with Crippen LogP contribution in [-0.4, -0.2) is 5.25 Å². The molecule has 2 heterocycles. The van der Waals surface area contributed by atoms with E-state index in [0.29, 0.717) is 11.3 Å². The average Bonchev–Trinajstić information content (AvgIpc) is 2.85. The predicted octanol–water partition coefficient (Wildman–Crippen LogP) is 4.77. The Morgan fingerprint density at radius 3 is 2.79 bits per heavy atom. The molecule has 100 valence electrons. The minimum atomic E-state index is 0.513. The zero-order valence-electron chi connectivity index (χ0n) is 11.3. The summed E-state index contributed by atoms with van der Waals surface area (Å²) < 4.78 is 1.50. The summed E-state index contributed by atoms with van der Waals surface area (Å²) in [6.45, 7) is 5.42. The van der Waals surface area contributed by atoms with Gasteiger partial charge in [0.25, 0.3) is 0 Å². The average molecular weight is 289 g/mol. The minimum Gasteiger partial charge on any atom is -0.306 e. The van der Waals surface area contributed by atoms with Gasteiger partial charge in [-0.25, -0.2) is 0 Å². The molecule has 0 radical (unpaired) electrons. The van der Waals surface area contributed by atoms with Crippen molar-refractivity contribution in [3.63, 3.8) is 0 Å². The quantitative estimate of drug-likeness (QED) is 0.873. The fourth-order valence-electron chi connectivity index (χ4n) is 2.49. The normalized spacial score (nSPS) is 22.2. The smallest absolute Gasteiger partial charge is 0.0649 e. The molecule has 0 fully saturated rings. The van der Waals surface area contributed by atoms with E-state index in [4.69, 9.17) is 0 Å². The molecule has 1 N–H and O–H groups in total. The molecule has 1 nitrogen and oxygen atoms in total. The van der Waals surface area contributed by atoms with Crippen molar-refractivity contribution < 1.29 is 0 Å². The van der Waals surface area contributed by atoms with Crippen LogP contribution in [0.1, 0.15) is 36.1 Å². The highest BCUT2D eigenvalue weighted by molar-refractivity contribution is 8.01. The number of fused-ring (bicyclic) bond motifs is 1. The first kappa shape index (κ1) is 13.2. The fourth-order valence-corrected chi connectivity index (χ4v) is 5.06. The number of aryl methyl sites for hydroxylation is 1. The summed E-state index contributed by atoms with van der Waals surface area (Å²) >= 11 is 3.90. The van der Waals surface area contributed by atoms with Crippen LogP contribution in [0.4, 0.5) is 0 Å². The Labute approximate surface area is 123 Å². The molecule has 1 aromatic heterocycles. The third-order valence-corrected chi connectivity index (χ3v) is 5.93. The van der Waals surface area contributed by atoms with Gasteiger partial charge in [-0.1, -0.05) is 36.8 Å². The second kappa shape index (κ2) is 5.70. The molecule has 3 rings (SSSR count). The highest BCUT2D eigenvalue weighted by Crippen LogP contribution is 2.43. The summed E-state index contributed by atoms with van der Waals surface area (Å²) in [6, 6.07) is 11.6. The Kier molecular flexibility index (Phi) is 3.96. The maximum absolute atomic E-state index is 3.72. The van der Waals surface area contributed by atoms with E-state index in [9.17, 15) is 0 Å². The van der Waals surface area contributed by atoms with Crippen molar-refractivity contribution in [2.45, 2.75) is 42.3 Å². The summed E-state index contributed by atoms with van der Waals surface area (Å²) in [5.74, 6) is 0. The van der Waals surface area contributed by atoms with E-state index in [1.54, 1.807) is 0 Å². The molecule has 0 aliphatic carbocycles. The van der Waals surface area contributed by atoms with Crippen LogP contribution in [0.5, 0.6) is 0 Å². The van der Waals surface area contributed by atoms with Crippen LogP contribution in [0.2, 0.25) is 0 Å². The van der Waals surface area contributed by atoms with E-state index < -0.39 is 0 Å². The SMILES string of the molecule is Cc1ccc(CNC2C[C@H](C)Sc3sccc32)cc1. The molecule has 0 bridgehead atoms. The van der Waals surface area contributed by atoms with Crippen molar-refractivity contribution >= 4 is 23.1 Å². The van der Waals surface area contributed by atoms with Gasteiger partial charge in [-0.05, 0) is 35.9 Å². The van der Waals surface area contributed by atoms with Crippen LogP contribution >= 0.6 is 23.1 Å². The second-order valence-corrected chi connectivity index (χ2v) is 7.87. The van der Waals surface area contributed by atoms with E-state index in [1.165, 1.54) is 27.3 Å². The van der Waals surface area contributed by atoms with E-state index in [1.807, 2.05) is 23.1 Å². The van der Waals surface area contributed by atoms with Gasteiger partial charge in [0.1, 0.15) is 0 Å². The molecule has 1 unspecified atom stereocenters. The van der Waals surface area contributed by atoms with Crippen molar-refractivity contribution in [3.05, 3.63) is 52.4 Å².